The summed E-state index contributed by atoms with van der Waals surface area (Å²) in [5.41, 5.74) is 2.01. The Morgan fingerprint density at radius 1 is 1.25 bits per heavy atom. The van der Waals surface area contributed by atoms with Crippen LogP contribution in [0.3, 0.4) is 0 Å². The normalized spacial score (nSPS) is 14.3. The Labute approximate surface area is 92.2 Å². The number of halogens is 3. The zero-order chi connectivity index (χ0) is 12.2. The van der Waals surface area contributed by atoms with Crippen molar-refractivity contribution in [2.24, 2.45) is 0 Å². The molecule has 0 aromatic heterocycles. The van der Waals surface area contributed by atoms with Gasteiger partial charge in [0.1, 0.15) is 0 Å². The molecule has 0 aliphatic carbocycles. The number of aliphatic hydroxyl groups excluding tert-OH is 1. The molecule has 88 valence electrons. The van der Waals surface area contributed by atoms with E-state index in [1.165, 1.54) is 6.08 Å². The molecule has 0 radical (unpaired) electrons. The van der Waals surface area contributed by atoms with Crippen molar-refractivity contribution in [1.29, 1.82) is 0 Å². The maximum atomic E-state index is 11.9. The molecule has 0 aliphatic heterocycles. The number of aryl methyl sites for hydroxylation is 1. The Bertz CT molecular complexity index is 352. The predicted octanol–water partition coefficient (Wildman–Crippen LogP) is 3.02. The first-order valence-corrected chi connectivity index (χ1v) is 4.86. The SMILES string of the molecule is Cc1ccc(C/C=C/C(O)C(F)(F)F)cc1. The van der Waals surface area contributed by atoms with Crippen LogP contribution in [0.1, 0.15) is 11.1 Å². The van der Waals surface area contributed by atoms with Gasteiger partial charge >= 0.3 is 6.18 Å². The molecule has 0 bridgehead atoms. The van der Waals surface area contributed by atoms with E-state index in [1.807, 2.05) is 31.2 Å². The fourth-order valence-electron chi connectivity index (χ4n) is 1.17. The molecule has 0 amide bonds. The Balaban J connectivity index is 2.52. The minimum Gasteiger partial charge on any atom is -0.380 e. The van der Waals surface area contributed by atoms with Crippen molar-refractivity contribution >= 4 is 0 Å². The van der Waals surface area contributed by atoms with E-state index in [2.05, 4.69) is 0 Å². The van der Waals surface area contributed by atoms with Crippen molar-refractivity contribution < 1.29 is 18.3 Å². The molecule has 0 saturated heterocycles. The molecule has 1 aromatic rings. The van der Waals surface area contributed by atoms with Gasteiger partial charge in [-0.1, -0.05) is 42.0 Å². The third-order valence-electron chi connectivity index (χ3n) is 2.13. The first-order valence-electron chi connectivity index (χ1n) is 4.86. The number of allylic oxidation sites excluding steroid dienone is 1. The first-order chi connectivity index (χ1) is 7.39. The summed E-state index contributed by atoms with van der Waals surface area (Å²) in [6.45, 7) is 1.94. The Morgan fingerprint density at radius 2 is 1.81 bits per heavy atom. The number of hydrogen-bond acceptors (Lipinski definition) is 1. The second kappa shape index (κ2) is 5.16. The Hall–Kier alpha value is -1.29. The van der Waals surface area contributed by atoms with Gasteiger partial charge in [-0.05, 0) is 18.9 Å². The van der Waals surface area contributed by atoms with Crippen LogP contribution in [-0.4, -0.2) is 17.4 Å². The largest absolute Gasteiger partial charge is 0.417 e. The molecule has 1 aromatic carbocycles. The molecule has 0 heterocycles. The Kier molecular flexibility index (Phi) is 4.12. The van der Waals surface area contributed by atoms with Gasteiger partial charge in [0.2, 0.25) is 0 Å². The third-order valence-corrected chi connectivity index (χ3v) is 2.13. The highest BCUT2D eigenvalue weighted by Crippen LogP contribution is 2.20. The monoisotopic (exact) mass is 230 g/mol. The van der Waals surface area contributed by atoms with Crippen LogP contribution in [0, 0.1) is 6.92 Å². The molecule has 0 spiro atoms. The molecule has 1 unspecified atom stereocenters. The van der Waals surface area contributed by atoms with E-state index in [4.69, 9.17) is 5.11 Å². The summed E-state index contributed by atoms with van der Waals surface area (Å²) in [6.07, 6.45) is -4.49. The van der Waals surface area contributed by atoms with Gasteiger partial charge in [-0.3, -0.25) is 0 Å². The van der Waals surface area contributed by atoms with Gasteiger partial charge in [0, 0.05) is 0 Å². The number of aliphatic hydroxyl groups is 1. The van der Waals surface area contributed by atoms with Crippen LogP contribution >= 0.6 is 0 Å². The Morgan fingerprint density at radius 3 is 2.31 bits per heavy atom. The van der Waals surface area contributed by atoms with Crippen molar-refractivity contribution in [3.63, 3.8) is 0 Å². The van der Waals surface area contributed by atoms with E-state index in [1.54, 1.807) is 0 Å². The molecule has 1 atom stereocenters. The minimum absolute atomic E-state index is 0.382. The standard InChI is InChI=1S/C12H13F3O/c1-9-5-7-10(8-6-9)3-2-4-11(16)12(13,14)15/h2,4-8,11,16H,3H2,1H3/b4-2+. The van der Waals surface area contributed by atoms with Crippen molar-refractivity contribution in [2.75, 3.05) is 0 Å². The van der Waals surface area contributed by atoms with Gasteiger partial charge in [-0.25, -0.2) is 0 Å². The van der Waals surface area contributed by atoms with Gasteiger partial charge in [0.15, 0.2) is 6.10 Å². The lowest BCUT2D eigenvalue weighted by Crippen LogP contribution is -2.26. The summed E-state index contributed by atoms with van der Waals surface area (Å²) >= 11 is 0. The highest BCUT2D eigenvalue weighted by Gasteiger charge is 2.35. The fourth-order valence-corrected chi connectivity index (χ4v) is 1.17. The summed E-state index contributed by atoms with van der Waals surface area (Å²) in [6, 6.07) is 7.48. The van der Waals surface area contributed by atoms with E-state index in [0.29, 0.717) is 6.42 Å². The maximum Gasteiger partial charge on any atom is 0.417 e. The first kappa shape index (κ1) is 12.8. The quantitative estimate of drug-likeness (QED) is 0.791. The van der Waals surface area contributed by atoms with Crippen LogP contribution in [0.4, 0.5) is 13.2 Å². The minimum atomic E-state index is -4.58. The van der Waals surface area contributed by atoms with Crippen LogP contribution < -0.4 is 0 Å². The smallest absolute Gasteiger partial charge is 0.380 e. The number of alkyl halides is 3. The summed E-state index contributed by atoms with van der Waals surface area (Å²) in [7, 11) is 0. The molecular formula is C12H13F3O. The number of benzene rings is 1. The summed E-state index contributed by atoms with van der Waals surface area (Å²) in [4.78, 5) is 0. The molecule has 16 heavy (non-hydrogen) atoms. The second-order valence-electron chi connectivity index (χ2n) is 3.60. The third kappa shape index (κ3) is 4.06. The van der Waals surface area contributed by atoms with Gasteiger partial charge in [0.25, 0.3) is 0 Å². The van der Waals surface area contributed by atoms with Crippen LogP contribution in [-0.2, 0) is 6.42 Å². The van der Waals surface area contributed by atoms with Gasteiger partial charge in [0.05, 0.1) is 0 Å². The van der Waals surface area contributed by atoms with E-state index >= 15 is 0 Å². The number of hydrogen-bond donors (Lipinski definition) is 1. The summed E-state index contributed by atoms with van der Waals surface area (Å²) in [5, 5.41) is 8.70. The van der Waals surface area contributed by atoms with Crippen molar-refractivity contribution in [3.8, 4) is 0 Å². The van der Waals surface area contributed by atoms with E-state index < -0.39 is 12.3 Å². The van der Waals surface area contributed by atoms with Crippen LogP contribution in [0.25, 0.3) is 0 Å². The topological polar surface area (TPSA) is 20.2 Å². The molecular weight excluding hydrogens is 217 g/mol. The molecule has 4 heteroatoms. The van der Waals surface area contributed by atoms with E-state index in [-0.39, 0.29) is 0 Å². The van der Waals surface area contributed by atoms with Gasteiger partial charge < -0.3 is 5.11 Å². The zero-order valence-corrected chi connectivity index (χ0v) is 8.83. The molecule has 1 nitrogen and oxygen atoms in total. The van der Waals surface area contributed by atoms with Crippen molar-refractivity contribution in [1.82, 2.24) is 0 Å². The van der Waals surface area contributed by atoms with Gasteiger partial charge in [-0.2, -0.15) is 13.2 Å². The predicted molar refractivity (Wildman–Crippen MR) is 56.1 cm³/mol. The average molecular weight is 230 g/mol. The van der Waals surface area contributed by atoms with E-state index in [0.717, 1.165) is 17.2 Å². The van der Waals surface area contributed by atoms with E-state index in [9.17, 15) is 13.2 Å². The lowest BCUT2D eigenvalue weighted by atomic mass is 10.1. The maximum absolute atomic E-state index is 11.9. The van der Waals surface area contributed by atoms with Crippen molar-refractivity contribution in [2.45, 2.75) is 25.6 Å². The lowest BCUT2D eigenvalue weighted by molar-refractivity contribution is -0.187. The summed E-state index contributed by atoms with van der Waals surface area (Å²) in [5.74, 6) is 0. The summed E-state index contributed by atoms with van der Waals surface area (Å²) < 4.78 is 35.8. The lowest BCUT2D eigenvalue weighted by Gasteiger charge is -2.09. The molecule has 0 saturated carbocycles. The van der Waals surface area contributed by atoms with Crippen LogP contribution in [0.15, 0.2) is 36.4 Å². The van der Waals surface area contributed by atoms with Crippen LogP contribution in [0.2, 0.25) is 0 Å². The highest BCUT2D eigenvalue weighted by molar-refractivity contribution is 5.23. The fraction of sp³-hybridized carbons (Fsp3) is 0.333. The number of rotatable bonds is 3. The molecule has 0 aliphatic rings. The van der Waals surface area contributed by atoms with Crippen LogP contribution in [0.5, 0.6) is 0 Å². The molecule has 0 fully saturated rings. The average Bonchev–Trinajstić information content (AvgIpc) is 2.19. The highest BCUT2D eigenvalue weighted by atomic mass is 19.4. The molecule has 1 N–H and O–H groups in total. The van der Waals surface area contributed by atoms with Crippen molar-refractivity contribution in [3.05, 3.63) is 47.5 Å². The van der Waals surface area contributed by atoms with Gasteiger partial charge in [-0.15, -0.1) is 0 Å². The zero-order valence-electron chi connectivity index (χ0n) is 8.83. The molecule has 1 rings (SSSR count). The second-order valence-corrected chi connectivity index (χ2v) is 3.60.